The lowest BCUT2D eigenvalue weighted by atomic mass is 10.2. The molecule has 7 nitrogen and oxygen atoms in total. The number of aromatic carboxylic acids is 1. The van der Waals surface area contributed by atoms with Crippen LogP contribution in [0, 0.1) is 0 Å². The van der Waals surface area contributed by atoms with E-state index in [-0.39, 0.29) is 22.1 Å². The van der Waals surface area contributed by atoms with E-state index in [9.17, 15) is 18.0 Å². The average molecular weight is 360 g/mol. The summed E-state index contributed by atoms with van der Waals surface area (Å²) >= 11 is 0. The van der Waals surface area contributed by atoms with E-state index < -0.39 is 16.0 Å². The molecule has 0 aromatic heterocycles. The topological polar surface area (TPSA) is 104 Å². The molecular weight excluding hydrogens is 344 g/mol. The third-order valence-corrected chi connectivity index (χ3v) is 5.27. The third kappa shape index (κ3) is 3.48. The Morgan fingerprint density at radius 2 is 1.88 bits per heavy atom. The number of nitrogens with zero attached hydrogens (tertiary/aromatic N) is 1. The zero-order valence-corrected chi connectivity index (χ0v) is 14.0. The van der Waals surface area contributed by atoms with Gasteiger partial charge < -0.3 is 10.0 Å². The number of carbonyl (C=O) groups is 2. The minimum Gasteiger partial charge on any atom is -0.478 e. The fraction of sp³-hybridized carbons (Fsp3) is 0.176. The van der Waals surface area contributed by atoms with Gasteiger partial charge in [-0.3, -0.25) is 9.52 Å². The number of carbonyl (C=O) groups excluding carboxylic acids is 1. The van der Waals surface area contributed by atoms with Gasteiger partial charge in [0.1, 0.15) is 0 Å². The molecule has 0 spiro atoms. The Kier molecular flexibility index (Phi) is 4.45. The first-order valence-electron chi connectivity index (χ1n) is 7.64. The van der Waals surface area contributed by atoms with Crippen LogP contribution in [-0.2, 0) is 14.8 Å². The summed E-state index contributed by atoms with van der Waals surface area (Å²) in [6, 6.07) is 11.7. The van der Waals surface area contributed by atoms with Crippen LogP contribution in [0.4, 0.5) is 11.4 Å². The largest absolute Gasteiger partial charge is 0.478 e. The van der Waals surface area contributed by atoms with Crippen molar-refractivity contribution < 1.29 is 23.1 Å². The van der Waals surface area contributed by atoms with Gasteiger partial charge in [0.05, 0.1) is 21.8 Å². The normalized spacial score (nSPS) is 14.6. The van der Waals surface area contributed by atoms with Gasteiger partial charge in [0.15, 0.2) is 0 Å². The fourth-order valence-corrected chi connectivity index (χ4v) is 3.82. The highest BCUT2D eigenvalue weighted by Gasteiger charge is 2.25. The molecule has 0 atom stereocenters. The van der Waals surface area contributed by atoms with Crippen LogP contribution in [0.1, 0.15) is 23.2 Å². The Labute approximate surface area is 144 Å². The molecule has 1 amide bonds. The lowest BCUT2D eigenvalue weighted by Gasteiger charge is -2.20. The number of hydrogen-bond acceptors (Lipinski definition) is 4. The lowest BCUT2D eigenvalue weighted by molar-refractivity contribution is -0.117. The number of sulfonamides is 1. The molecule has 0 radical (unpaired) electrons. The van der Waals surface area contributed by atoms with Crippen LogP contribution in [0.15, 0.2) is 53.4 Å². The number of carboxylic acids is 1. The maximum atomic E-state index is 12.6. The molecule has 1 fully saturated rings. The standard InChI is InChI=1S/C17H16N2O5S/c20-16-9-4-10-19(16)15-8-2-1-7-14(15)18-25(23,24)13-6-3-5-12(11-13)17(21)22/h1-3,5-8,11,18H,4,9-10H2,(H,21,22). The Bertz CT molecular complexity index is 940. The zero-order valence-electron chi connectivity index (χ0n) is 13.2. The van der Waals surface area contributed by atoms with Gasteiger partial charge in [0.2, 0.25) is 5.91 Å². The molecule has 25 heavy (non-hydrogen) atoms. The molecule has 1 saturated heterocycles. The van der Waals surface area contributed by atoms with Gasteiger partial charge in [-0.1, -0.05) is 18.2 Å². The smallest absolute Gasteiger partial charge is 0.335 e. The summed E-state index contributed by atoms with van der Waals surface area (Å²) in [5, 5.41) is 9.02. The summed E-state index contributed by atoms with van der Waals surface area (Å²) in [7, 11) is -3.99. The van der Waals surface area contributed by atoms with E-state index in [1.807, 2.05) is 0 Å². The maximum absolute atomic E-state index is 12.6. The van der Waals surface area contributed by atoms with Crippen molar-refractivity contribution in [3.8, 4) is 0 Å². The van der Waals surface area contributed by atoms with Crippen molar-refractivity contribution in [2.24, 2.45) is 0 Å². The molecule has 2 aromatic carbocycles. The molecule has 2 aromatic rings. The van der Waals surface area contributed by atoms with Crippen LogP contribution in [0.5, 0.6) is 0 Å². The van der Waals surface area contributed by atoms with E-state index in [2.05, 4.69) is 4.72 Å². The number of para-hydroxylation sites is 2. The Morgan fingerprint density at radius 3 is 2.56 bits per heavy atom. The number of rotatable bonds is 5. The first-order chi connectivity index (χ1) is 11.9. The quantitative estimate of drug-likeness (QED) is 0.851. The van der Waals surface area contributed by atoms with Crippen molar-refractivity contribution in [3.05, 3.63) is 54.1 Å². The Hall–Kier alpha value is -2.87. The second kappa shape index (κ2) is 6.56. The fourth-order valence-electron chi connectivity index (χ4n) is 2.70. The van der Waals surface area contributed by atoms with E-state index in [0.29, 0.717) is 18.7 Å². The molecule has 0 unspecified atom stereocenters. The summed E-state index contributed by atoms with van der Waals surface area (Å²) < 4.78 is 27.7. The molecule has 1 heterocycles. The Morgan fingerprint density at radius 1 is 1.12 bits per heavy atom. The monoisotopic (exact) mass is 360 g/mol. The Balaban J connectivity index is 1.96. The number of nitrogens with one attached hydrogen (secondary N) is 1. The second-order valence-electron chi connectivity index (χ2n) is 5.60. The number of carboxylic acid groups (broad SMARTS) is 1. The van der Waals surface area contributed by atoms with Crippen LogP contribution >= 0.6 is 0 Å². The van der Waals surface area contributed by atoms with Gasteiger partial charge in [-0.25, -0.2) is 13.2 Å². The average Bonchev–Trinajstić information content (AvgIpc) is 3.01. The number of amides is 1. The molecule has 8 heteroatoms. The first-order valence-corrected chi connectivity index (χ1v) is 9.12. The predicted octanol–water partition coefficient (Wildman–Crippen LogP) is 2.31. The lowest BCUT2D eigenvalue weighted by Crippen LogP contribution is -2.25. The van der Waals surface area contributed by atoms with Crippen molar-refractivity contribution in [2.45, 2.75) is 17.7 Å². The van der Waals surface area contributed by atoms with Gasteiger partial charge in [0, 0.05) is 13.0 Å². The van der Waals surface area contributed by atoms with Crippen LogP contribution in [0.3, 0.4) is 0 Å². The molecule has 130 valence electrons. The van der Waals surface area contributed by atoms with Crippen molar-refractivity contribution in [1.82, 2.24) is 0 Å². The van der Waals surface area contributed by atoms with Gasteiger partial charge >= 0.3 is 5.97 Å². The third-order valence-electron chi connectivity index (χ3n) is 3.90. The summed E-state index contributed by atoms with van der Waals surface area (Å²) in [6.45, 7) is 0.534. The van der Waals surface area contributed by atoms with Crippen LogP contribution in [0.2, 0.25) is 0 Å². The zero-order chi connectivity index (χ0) is 18.0. The molecule has 2 N–H and O–H groups in total. The predicted molar refractivity (Wildman–Crippen MR) is 92.2 cm³/mol. The van der Waals surface area contributed by atoms with Crippen molar-refractivity contribution >= 4 is 33.3 Å². The highest BCUT2D eigenvalue weighted by atomic mass is 32.2. The summed E-state index contributed by atoms with van der Waals surface area (Å²) in [6.07, 6.45) is 1.16. The molecule has 0 aliphatic carbocycles. The van der Waals surface area contributed by atoms with Gasteiger partial charge in [-0.15, -0.1) is 0 Å². The molecule has 0 saturated carbocycles. The van der Waals surface area contributed by atoms with E-state index in [1.165, 1.54) is 18.2 Å². The molecule has 0 bridgehead atoms. The number of benzene rings is 2. The van der Waals surface area contributed by atoms with Crippen LogP contribution in [0.25, 0.3) is 0 Å². The van der Waals surface area contributed by atoms with Gasteiger partial charge in [-0.2, -0.15) is 0 Å². The number of anilines is 2. The SMILES string of the molecule is O=C(O)c1cccc(S(=O)(=O)Nc2ccccc2N2CCCC2=O)c1. The minimum atomic E-state index is -3.99. The van der Waals surface area contributed by atoms with E-state index in [0.717, 1.165) is 12.5 Å². The summed E-state index contributed by atoms with van der Waals surface area (Å²) in [5.74, 6) is -1.26. The highest BCUT2D eigenvalue weighted by molar-refractivity contribution is 7.92. The molecule has 1 aliphatic heterocycles. The van der Waals surface area contributed by atoms with Crippen molar-refractivity contribution in [3.63, 3.8) is 0 Å². The minimum absolute atomic E-state index is 0.0560. The summed E-state index contributed by atoms with van der Waals surface area (Å²) in [4.78, 5) is 24.4. The van der Waals surface area contributed by atoms with Crippen molar-refractivity contribution in [2.75, 3.05) is 16.2 Å². The second-order valence-corrected chi connectivity index (χ2v) is 7.29. The van der Waals surface area contributed by atoms with Gasteiger partial charge in [-0.05, 0) is 36.8 Å². The highest BCUT2D eigenvalue weighted by Crippen LogP contribution is 2.31. The van der Waals surface area contributed by atoms with E-state index in [4.69, 9.17) is 5.11 Å². The molecule has 1 aliphatic rings. The van der Waals surface area contributed by atoms with E-state index >= 15 is 0 Å². The van der Waals surface area contributed by atoms with E-state index in [1.54, 1.807) is 29.2 Å². The number of hydrogen-bond donors (Lipinski definition) is 2. The van der Waals surface area contributed by atoms with Gasteiger partial charge in [0.25, 0.3) is 10.0 Å². The first kappa shape index (κ1) is 17.0. The summed E-state index contributed by atoms with van der Waals surface area (Å²) in [5.41, 5.74) is 0.646. The maximum Gasteiger partial charge on any atom is 0.335 e. The molecular formula is C17H16N2O5S. The van der Waals surface area contributed by atoms with Crippen LogP contribution < -0.4 is 9.62 Å². The van der Waals surface area contributed by atoms with Crippen LogP contribution in [-0.4, -0.2) is 31.9 Å². The molecule has 3 rings (SSSR count). The van der Waals surface area contributed by atoms with Crippen molar-refractivity contribution in [1.29, 1.82) is 0 Å².